The first-order chi connectivity index (χ1) is 9.69. The van der Waals surface area contributed by atoms with Crippen molar-refractivity contribution in [3.05, 3.63) is 34.3 Å². The van der Waals surface area contributed by atoms with Crippen LogP contribution in [0.15, 0.2) is 28.7 Å². The van der Waals surface area contributed by atoms with E-state index in [1.807, 2.05) is 25.1 Å². The third-order valence-corrected chi connectivity index (χ3v) is 3.88. The summed E-state index contributed by atoms with van der Waals surface area (Å²) in [6.07, 6.45) is 8.02. The number of hydrogen-bond acceptors (Lipinski definition) is 2. The van der Waals surface area contributed by atoms with Crippen LogP contribution < -0.4 is 10.1 Å². The van der Waals surface area contributed by atoms with Gasteiger partial charge in [0.2, 0.25) is 5.91 Å². The fourth-order valence-electron chi connectivity index (χ4n) is 2.42. The molecule has 0 spiro atoms. The monoisotopic (exact) mass is 337 g/mol. The van der Waals surface area contributed by atoms with E-state index in [2.05, 4.69) is 21.2 Å². The van der Waals surface area contributed by atoms with Crippen LogP contribution >= 0.6 is 15.9 Å². The van der Waals surface area contributed by atoms with E-state index >= 15 is 0 Å². The average Bonchev–Trinajstić information content (AvgIpc) is 2.92. The highest BCUT2D eigenvalue weighted by atomic mass is 79.9. The smallest absolute Gasteiger partial charge is 0.244 e. The zero-order chi connectivity index (χ0) is 14.4. The summed E-state index contributed by atoms with van der Waals surface area (Å²) in [6.45, 7) is 2.55. The van der Waals surface area contributed by atoms with Gasteiger partial charge in [-0.15, -0.1) is 0 Å². The molecule has 1 N–H and O–H groups in total. The normalized spacial score (nSPS) is 15.7. The van der Waals surface area contributed by atoms with Gasteiger partial charge in [-0.1, -0.05) is 28.8 Å². The highest BCUT2D eigenvalue weighted by Gasteiger charge is 2.15. The number of hydrogen-bond donors (Lipinski definition) is 1. The quantitative estimate of drug-likeness (QED) is 0.827. The van der Waals surface area contributed by atoms with Crippen LogP contribution in [0.4, 0.5) is 0 Å². The largest absolute Gasteiger partial charge is 0.493 e. The van der Waals surface area contributed by atoms with Crippen molar-refractivity contribution in [2.24, 2.45) is 0 Å². The zero-order valence-corrected chi connectivity index (χ0v) is 13.3. The molecule has 4 heteroatoms. The molecule has 1 saturated carbocycles. The molecule has 1 amide bonds. The van der Waals surface area contributed by atoms with Crippen molar-refractivity contribution in [3.63, 3.8) is 0 Å². The molecular formula is C16H20BrNO2. The first kappa shape index (κ1) is 15.1. The minimum atomic E-state index is -0.0284. The van der Waals surface area contributed by atoms with Crippen LogP contribution in [0.25, 0.3) is 6.08 Å². The van der Waals surface area contributed by atoms with Crippen LogP contribution in [0.3, 0.4) is 0 Å². The SMILES string of the molecule is CCOc1ccc(Br)cc1C=CC(=O)NC1CCCC1. The maximum atomic E-state index is 11.9. The van der Waals surface area contributed by atoms with Gasteiger partial charge < -0.3 is 10.1 Å². The number of halogens is 1. The fourth-order valence-corrected chi connectivity index (χ4v) is 2.80. The Balaban J connectivity index is 2.01. The third-order valence-electron chi connectivity index (χ3n) is 3.39. The Labute approximate surface area is 128 Å². The lowest BCUT2D eigenvalue weighted by Gasteiger charge is -2.10. The molecule has 20 heavy (non-hydrogen) atoms. The van der Waals surface area contributed by atoms with Crippen molar-refractivity contribution < 1.29 is 9.53 Å². The maximum Gasteiger partial charge on any atom is 0.244 e. The summed E-state index contributed by atoms with van der Waals surface area (Å²) in [6, 6.07) is 6.13. The summed E-state index contributed by atoms with van der Waals surface area (Å²) in [7, 11) is 0. The molecule has 1 aliphatic carbocycles. The highest BCUT2D eigenvalue weighted by Crippen LogP contribution is 2.24. The molecule has 0 aliphatic heterocycles. The predicted molar refractivity (Wildman–Crippen MR) is 84.7 cm³/mol. The van der Waals surface area contributed by atoms with E-state index in [4.69, 9.17) is 4.74 Å². The van der Waals surface area contributed by atoms with Gasteiger partial charge in [0.05, 0.1) is 6.61 Å². The van der Waals surface area contributed by atoms with Crippen molar-refractivity contribution in [3.8, 4) is 5.75 Å². The second-order valence-electron chi connectivity index (χ2n) is 4.94. The Morgan fingerprint density at radius 3 is 2.90 bits per heavy atom. The molecule has 0 unspecified atom stereocenters. The van der Waals surface area contributed by atoms with Crippen LogP contribution in [0.2, 0.25) is 0 Å². The standard InChI is InChI=1S/C16H20BrNO2/c1-2-20-15-9-8-13(17)11-12(15)7-10-16(19)18-14-5-3-4-6-14/h7-11,14H,2-6H2,1H3,(H,18,19). The molecule has 0 radical (unpaired) electrons. The molecule has 1 fully saturated rings. The Morgan fingerprint density at radius 1 is 1.45 bits per heavy atom. The summed E-state index contributed by atoms with van der Waals surface area (Å²) >= 11 is 3.44. The summed E-state index contributed by atoms with van der Waals surface area (Å²) < 4.78 is 6.52. The van der Waals surface area contributed by atoms with E-state index in [0.717, 1.165) is 28.6 Å². The van der Waals surface area contributed by atoms with Gasteiger partial charge in [-0.3, -0.25) is 4.79 Å². The molecule has 108 valence electrons. The Hall–Kier alpha value is -1.29. The van der Waals surface area contributed by atoms with Crippen molar-refractivity contribution in [1.29, 1.82) is 0 Å². The van der Waals surface area contributed by atoms with Crippen molar-refractivity contribution >= 4 is 27.9 Å². The molecule has 0 bridgehead atoms. The minimum Gasteiger partial charge on any atom is -0.493 e. The van der Waals surface area contributed by atoms with Crippen molar-refractivity contribution in [2.75, 3.05) is 6.61 Å². The van der Waals surface area contributed by atoms with E-state index in [0.29, 0.717) is 12.6 Å². The van der Waals surface area contributed by atoms with Gasteiger partial charge in [-0.2, -0.15) is 0 Å². The van der Waals surface area contributed by atoms with E-state index < -0.39 is 0 Å². The molecule has 0 heterocycles. The second kappa shape index (κ2) is 7.48. The third kappa shape index (κ3) is 4.37. The van der Waals surface area contributed by atoms with Crippen LogP contribution in [-0.2, 0) is 4.79 Å². The maximum absolute atomic E-state index is 11.9. The summed E-state index contributed by atoms with van der Waals surface area (Å²) in [5, 5.41) is 3.04. The van der Waals surface area contributed by atoms with Crippen LogP contribution in [0, 0.1) is 0 Å². The molecule has 1 aromatic rings. The number of ether oxygens (including phenoxy) is 1. The molecule has 0 saturated heterocycles. The average molecular weight is 338 g/mol. The van der Waals surface area contributed by atoms with Crippen LogP contribution in [0.5, 0.6) is 5.75 Å². The van der Waals surface area contributed by atoms with Gasteiger partial charge in [-0.25, -0.2) is 0 Å². The second-order valence-corrected chi connectivity index (χ2v) is 5.85. The fraction of sp³-hybridized carbons (Fsp3) is 0.438. The summed E-state index contributed by atoms with van der Waals surface area (Å²) in [4.78, 5) is 11.9. The highest BCUT2D eigenvalue weighted by molar-refractivity contribution is 9.10. The number of carbonyl (C=O) groups is 1. The van der Waals surface area contributed by atoms with Gasteiger partial charge in [-0.05, 0) is 44.0 Å². The Bertz CT molecular complexity index is 493. The number of rotatable bonds is 5. The van der Waals surface area contributed by atoms with Gasteiger partial charge >= 0.3 is 0 Å². The predicted octanol–water partition coefficient (Wildman–Crippen LogP) is 3.92. The molecule has 2 rings (SSSR count). The first-order valence-electron chi connectivity index (χ1n) is 7.10. The lowest BCUT2D eigenvalue weighted by Crippen LogP contribution is -2.30. The number of benzene rings is 1. The number of nitrogens with one attached hydrogen (secondary N) is 1. The summed E-state index contributed by atoms with van der Waals surface area (Å²) in [5.41, 5.74) is 0.905. The Kier molecular flexibility index (Phi) is 5.65. The molecule has 3 nitrogen and oxygen atoms in total. The van der Waals surface area contributed by atoms with Crippen LogP contribution in [0.1, 0.15) is 38.2 Å². The van der Waals surface area contributed by atoms with E-state index in [9.17, 15) is 4.79 Å². The number of amides is 1. The van der Waals surface area contributed by atoms with Gasteiger partial charge in [0.15, 0.2) is 0 Å². The first-order valence-corrected chi connectivity index (χ1v) is 7.89. The Morgan fingerprint density at radius 2 is 2.20 bits per heavy atom. The van der Waals surface area contributed by atoms with Gasteiger partial charge in [0.1, 0.15) is 5.75 Å². The van der Waals surface area contributed by atoms with Crippen molar-refractivity contribution in [2.45, 2.75) is 38.6 Å². The lowest BCUT2D eigenvalue weighted by molar-refractivity contribution is -0.117. The molecular weight excluding hydrogens is 318 g/mol. The lowest BCUT2D eigenvalue weighted by atomic mass is 10.2. The zero-order valence-electron chi connectivity index (χ0n) is 11.7. The topological polar surface area (TPSA) is 38.3 Å². The number of carbonyl (C=O) groups excluding carboxylic acids is 1. The minimum absolute atomic E-state index is 0.0284. The molecule has 0 aromatic heterocycles. The van der Waals surface area contributed by atoms with Crippen molar-refractivity contribution in [1.82, 2.24) is 5.32 Å². The molecule has 0 atom stereocenters. The van der Waals surface area contributed by atoms with Crippen LogP contribution in [-0.4, -0.2) is 18.6 Å². The summed E-state index contributed by atoms with van der Waals surface area (Å²) in [5.74, 6) is 0.764. The van der Waals surface area contributed by atoms with E-state index in [1.165, 1.54) is 12.8 Å². The van der Waals surface area contributed by atoms with E-state index in [-0.39, 0.29) is 5.91 Å². The van der Waals surface area contributed by atoms with E-state index in [1.54, 1.807) is 12.2 Å². The van der Waals surface area contributed by atoms with Gasteiger partial charge in [0.25, 0.3) is 0 Å². The van der Waals surface area contributed by atoms with Gasteiger partial charge in [0, 0.05) is 22.2 Å². The molecule has 1 aromatic carbocycles. The molecule has 1 aliphatic rings.